The van der Waals surface area contributed by atoms with Crippen molar-refractivity contribution in [2.24, 2.45) is 0 Å². The van der Waals surface area contributed by atoms with Gasteiger partial charge in [-0.2, -0.15) is 9.36 Å². The van der Waals surface area contributed by atoms with Crippen molar-refractivity contribution in [2.75, 3.05) is 23.7 Å². The highest BCUT2D eigenvalue weighted by molar-refractivity contribution is 7.10. The smallest absolute Gasteiger partial charge is 0.323 e. The first-order chi connectivity index (χ1) is 20.5. The van der Waals surface area contributed by atoms with E-state index in [0.717, 1.165) is 23.5 Å². The Morgan fingerprint density at radius 2 is 1.45 bits per heavy atom. The molecular formula is C32H31N7O2S. The summed E-state index contributed by atoms with van der Waals surface area (Å²) < 4.78 is 4.43. The van der Waals surface area contributed by atoms with Gasteiger partial charge in [0.2, 0.25) is 11.0 Å². The van der Waals surface area contributed by atoms with E-state index in [4.69, 9.17) is 0 Å². The Kier molecular flexibility index (Phi) is 9.58. The summed E-state index contributed by atoms with van der Waals surface area (Å²) in [5.41, 5.74) is 3.88. The van der Waals surface area contributed by atoms with Crippen LogP contribution in [0, 0.1) is 0 Å². The zero-order valence-electron chi connectivity index (χ0n) is 23.2. The monoisotopic (exact) mass is 577 g/mol. The standard InChI is InChI=1S/C32H31N7O2S/c1-23(40)35-27-15-13-26(14-16-27)30-36-31(42-38-30)37-32(41)39(22-18-29-33-19-8-20-34-29)21-17-28(24-9-4-2-5-10-24)25-11-6-3-7-12-25/h2-16,19-20,28H,17-18,21-22H2,1H3,(H,35,40)(H,36,37,38,41). The van der Waals surface area contributed by atoms with E-state index in [2.05, 4.69) is 54.2 Å². The molecule has 0 bridgehead atoms. The van der Waals surface area contributed by atoms with Gasteiger partial charge in [0.15, 0.2) is 5.82 Å². The fraction of sp³-hybridized carbons (Fsp3) is 0.188. The first-order valence-electron chi connectivity index (χ1n) is 13.7. The van der Waals surface area contributed by atoms with Crippen LogP contribution in [0.2, 0.25) is 0 Å². The highest BCUT2D eigenvalue weighted by atomic mass is 32.1. The third kappa shape index (κ3) is 7.82. The van der Waals surface area contributed by atoms with Crippen LogP contribution in [0.1, 0.15) is 36.2 Å². The van der Waals surface area contributed by atoms with Crippen LogP contribution in [0.15, 0.2) is 103 Å². The summed E-state index contributed by atoms with van der Waals surface area (Å²) in [6.07, 6.45) is 4.68. The van der Waals surface area contributed by atoms with Crippen molar-refractivity contribution in [3.05, 3.63) is 120 Å². The van der Waals surface area contributed by atoms with Crippen LogP contribution < -0.4 is 10.6 Å². The minimum atomic E-state index is -0.255. The summed E-state index contributed by atoms with van der Waals surface area (Å²) in [6.45, 7) is 2.43. The molecule has 0 radical (unpaired) electrons. The van der Waals surface area contributed by atoms with Crippen LogP contribution in [0.25, 0.3) is 11.4 Å². The molecule has 2 heterocycles. The molecule has 0 spiro atoms. The van der Waals surface area contributed by atoms with Gasteiger partial charge in [-0.1, -0.05) is 60.7 Å². The van der Waals surface area contributed by atoms with E-state index in [-0.39, 0.29) is 17.9 Å². The van der Waals surface area contributed by atoms with Crippen molar-refractivity contribution in [3.8, 4) is 11.4 Å². The number of nitrogens with one attached hydrogen (secondary N) is 2. The molecule has 0 unspecified atom stereocenters. The van der Waals surface area contributed by atoms with Gasteiger partial charge in [-0.3, -0.25) is 10.1 Å². The molecular weight excluding hydrogens is 546 g/mol. The van der Waals surface area contributed by atoms with E-state index in [1.165, 1.54) is 18.1 Å². The summed E-state index contributed by atoms with van der Waals surface area (Å²) >= 11 is 1.12. The maximum atomic E-state index is 13.6. The lowest BCUT2D eigenvalue weighted by Gasteiger charge is -2.26. The Labute approximate surface area is 248 Å². The molecule has 10 heteroatoms. The maximum Gasteiger partial charge on any atom is 0.323 e. The zero-order valence-corrected chi connectivity index (χ0v) is 24.0. The number of benzene rings is 3. The summed E-state index contributed by atoms with van der Waals surface area (Å²) in [5.74, 6) is 1.17. The summed E-state index contributed by atoms with van der Waals surface area (Å²) in [5, 5.41) is 6.09. The van der Waals surface area contributed by atoms with Crippen molar-refractivity contribution in [3.63, 3.8) is 0 Å². The molecule has 42 heavy (non-hydrogen) atoms. The lowest BCUT2D eigenvalue weighted by Crippen LogP contribution is -2.38. The minimum absolute atomic E-state index is 0.129. The Morgan fingerprint density at radius 3 is 2.07 bits per heavy atom. The van der Waals surface area contributed by atoms with Gasteiger partial charge in [0.05, 0.1) is 0 Å². The number of urea groups is 1. The normalized spacial score (nSPS) is 10.8. The van der Waals surface area contributed by atoms with Crippen molar-refractivity contribution in [1.29, 1.82) is 0 Å². The quantitative estimate of drug-likeness (QED) is 0.192. The van der Waals surface area contributed by atoms with Crippen LogP contribution in [-0.4, -0.2) is 49.3 Å². The van der Waals surface area contributed by atoms with E-state index >= 15 is 0 Å². The maximum absolute atomic E-state index is 13.6. The number of amides is 3. The van der Waals surface area contributed by atoms with Gasteiger partial charge >= 0.3 is 6.03 Å². The van der Waals surface area contributed by atoms with Gasteiger partial charge < -0.3 is 10.2 Å². The largest absolute Gasteiger partial charge is 0.326 e. The fourth-order valence-electron chi connectivity index (χ4n) is 4.66. The highest BCUT2D eigenvalue weighted by Gasteiger charge is 2.21. The zero-order chi connectivity index (χ0) is 29.1. The Balaban J connectivity index is 1.31. The van der Waals surface area contributed by atoms with E-state index in [1.807, 2.05) is 48.5 Å². The van der Waals surface area contributed by atoms with Crippen LogP contribution >= 0.6 is 11.5 Å². The first kappa shape index (κ1) is 28.6. The third-order valence-corrected chi connectivity index (χ3v) is 7.34. The molecule has 9 nitrogen and oxygen atoms in total. The molecule has 0 fully saturated rings. The fourth-order valence-corrected chi connectivity index (χ4v) is 5.24. The lowest BCUT2D eigenvalue weighted by molar-refractivity contribution is -0.114. The van der Waals surface area contributed by atoms with E-state index in [0.29, 0.717) is 42.0 Å². The third-order valence-electron chi connectivity index (χ3n) is 6.71. The molecule has 0 aliphatic carbocycles. The van der Waals surface area contributed by atoms with Gasteiger partial charge in [0.25, 0.3) is 0 Å². The van der Waals surface area contributed by atoms with Crippen molar-refractivity contribution in [2.45, 2.75) is 25.7 Å². The second kappa shape index (κ2) is 14.1. The molecule has 0 aliphatic rings. The molecule has 212 valence electrons. The first-order valence-corrected chi connectivity index (χ1v) is 14.5. The molecule has 0 saturated heterocycles. The Hall–Kier alpha value is -4.96. The Bertz CT molecular complexity index is 1540. The predicted molar refractivity (Wildman–Crippen MR) is 165 cm³/mol. The molecule has 3 aromatic carbocycles. The summed E-state index contributed by atoms with van der Waals surface area (Å²) in [6, 6.07) is 29.5. The van der Waals surface area contributed by atoms with Crippen molar-refractivity contribution in [1.82, 2.24) is 24.2 Å². The average molecular weight is 578 g/mol. The van der Waals surface area contributed by atoms with Crippen LogP contribution in [0.4, 0.5) is 15.6 Å². The SMILES string of the molecule is CC(=O)Nc1ccc(-c2nsc(NC(=O)N(CCc3ncccn3)CCC(c3ccccc3)c3ccccc3)n2)cc1. The summed E-state index contributed by atoms with van der Waals surface area (Å²) in [4.78, 5) is 39.9. The predicted octanol–water partition coefficient (Wildman–Crippen LogP) is 6.25. The number of hydrogen-bond donors (Lipinski definition) is 2. The van der Waals surface area contributed by atoms with Crippen LogP contribution in [0.5, 0.6) is 0 Å². The number of nitrogens with zero attached hydrogens (tertiary/aromatic N) is 5. The number of hydrogen-bond acceptors (Lipinski definition) is 7. The molecule has 2 N–H and O–H groups in total. The highest BCUT2D eigenvalue weighted by Crippen LogP contribution is 2.28. The minimum Gasteiger partial charge on any atom is -0.326 e. The van der Waals surface area contributed by atoms with Gasteiger partial charge in [-0.25, -0.2) is 14.8 Å². The molecule has 2 aromatic heterocycles. The van der Waals surface area contributed by atoms with Crippen molar-refractivity contribution < 1.29 is 9.59 Å². The van der Waals surface area contributed by atoms with Gasteiger partial charge in [0.1, 0.15) is 5.82 Å². The average Bonchev–Trinajstić information content (AvgIpc) is 3.48. The van der Waals surface area contributed by atoms with Crippen molar-refractivity contribution >= 4 is 34.3 Å². The number of carbonyl (C=O) groups is 2. The summed E-state index contributed by atoms with van der Waals surface area (Å²) in [7, 11) is 0. The molecule has 0 aliphatic heterocycles. The number of rotatable bonds is 11. The Morgan fingerprint density at radius 1 is 0.810 bits per heavy atom. The molecule has 5 rings (SSSR count). The second-order valence-electron chi connectivity index (χ2n) is 9.68. The molecule has 0 saturated carbocycles. The number of carbonyl (C=O) groups excluding carboxylic acids is 2. The number of aromatic nitrogens is 4. The van der Waals surface area contributed by atoms with E-state index < -0.39 is 0 Å². The van der Waals surface area contributed by atoms with Crippen LogP contribution in [-0.2, 0) is 11.2 Å². The lowest BCUT2D eigenvalue weighted by atomic mass is 9.88. The van der Waals surface area contributed by atoms with E-state index in [1.54, 1.807) is 35.5 Å². The molecule has 0 atom stereocenters. The van der Waals surface area contributed by atoms with Gasteiger partial charge in [-0.15, -0.1) is 0 Å². The van der Waals surface area contributed by atoms with E-state index in [9.17, 15) is 9.59 Å². The van der Waals surface area contributed by atoms with Gasteiger partial charge in [0, 0.05) is 67.5 Å². The molecule has 5 aromatic rings. The topological polar surface area (TPSA) is 113 Å². The number of anilines is 2. The van der Waals surface area contributed by atoms with Gasteiger partial charge in [-0.05, 0) is 47.9 Å². The molecule has 3 amide bonds. The second-order valence-corrected chi connectivity index (χ2v) is 10.4. The van der Waals surface area contributed by atoms with Crippen LogP contribution in [0.3, 0.4) is 0 Å².